The Balaban J connectivity index is 2.82. The Hall–Kier alpha value is -0.510. The van der Waals surface area contributed by atoms with Crippen molar-refractivity contribution < 1.29 is 9.90 Å². The molecule has 4 heteroatoms. The van der Waals surface area contributed by atoms with E-state index in [1.54, 1.807) is 30.0 Å². The fourth-order valence-corrected chi connectivity index (χ4v) is 2.51. The number of aliphatic hydroxyl groups excluding tert-OH is 1. The van der Waals surface area contributed by atoms with Crippen molar-refractivity contribution in [2.45, 2.75) is 23.5 Å². The van der Waals surface area contributed by atoms with Crippen LogP contribution in [0.3, 0.4) is 0 Å². The third-order valence-corrected chi connectivity index (χ3v) is 3.45. The number of aldehydes is 1. The van der Waals surface area contributed by atoms with Gasteiger partial charge in [-0.2, -0.15) is 0 Å². The number of halogens is 1. The fourth-order valence-electron chi connectivity index (χ4n) is 1.17. The summed E-state index contributed by atoms with van der Waals surface area (Å²) in [6, 6.07) is 5.19. The maximum atomic E-state index is 10.8. The van der Waals surface area contributed by atoms with E-state index in [0.29, 0.717) is 17.0 Å². The fraction of sp³-hybridized carbons (Fsp3) is 0.364. The van der Waals surface area contributed by atoms with E-state index in [-0.39, 0.29) is 11.9 Å². The number of thioether (sulfide) groups is 1. The molecule has 1 atom stereocenters. The number of carbonyl (C=O) groups excluding carboxylic acids is 1. The average molecular weight is 245 g/mol. The van der Waals surface area contributed by atoms with Crippen molar-refractivity contribution in [2.24, 2.45) is 0 Å². The van der Waals surface area contributed by atoms with Crippen molar-refractivity contribution in [3.8, 4) is 0 Å². The number of aliphatic hydroxyl groups is 1. The number of hydrogen-bond acceptors (Lipinski definition) is 3. The van der Waals surface area contributed by atoms with Crippen LogP contribution in [-0.2, 0) is 0 Å². The standard InChI is InChI=1S/C11H13ClO2S/c1-8(4-5-13)15-11-6-10(12)3-2-9(11)7-14/h2-3,6-8,13H,4-5H2,1H3. The smallest absolute Gasteiger partial charge is 0.151 e. The second-order valence-electron chi connectivity index (χ2n) is 3.24. The highest BCUT2D eigenvalue weighted by molar-refractivity contribution is 8.00. The molecule has 1 aromatic rings. The lowest BCUT2D eigenvalue weighted by atomic mass is 10.2. The number of rotatable bonds is 5. The molecule has 0 fully saturated rings. The zero-order chi connectivity index (χ0) is 11.3. The minimum Gasteiger partial charge on any atom is -0.396 e. The van der Waals surface area contributed by atoms with E-state index in [4.69, 9.17) is 16.7 Å². The molecule has 0 aliphatic rings. The van der Waals surface area contributed by atoms with Gasteiger partial charge in [-0.15, -0.1) is 11.8 Å². The van der Waals surface area contributed by atoms with E-state index in [2.05, 4.69) is 0 Å². The lowest BCUT2D eigenvalue weighted by Gasteiger charge is -2.11. The molecular weight excluding hydrogens is 232 g/mol. The first-order valence-electron chi connectivity index (χ1n) is 4.69. The van der Waals surface area contributed by atoms with Gasteiger partial charge in [0.15, 0.2) is 6.29 Å². The minimum atomic E-state index is 0.158. The highest BCUT2D eigenvalue weighted by Crippen LogP contribution is 2.29. The lowest BCUT2D eigenvalue weighted by molar-refractivity contribution is 0.112. The maximum absolute atomic E-state index is 10.8. The minimum absolute atomic E-state index is 0.158. The van der Waals surface area contributed by atoms with Gasteiger partial charge in [-0.3, -0.25) is 4.79 Å². The summed E-state index contributed by atoms with van der Waals surface area (Å²) in [5.41, 5.74) is 0.647. The molecule has 0 radical (unpaired) electrons. The van der Waals surface area contributed by atoms with Crippen LogP contribution in [0.2, 0.25) is 5.02 Å². The Morgan fingerprint density at radius 3 is 2.93 bits per heavy atom. The van der Waals surface area contributed by atoms with Gasteiger partial charge in [-0.05, 0) is 24.6 Å². The van der Waals surface area contributed by atoms with Crippen LogP contribution in [0.1, 0.15) is 23.7 Å². The Morgan fingerprint density at radius 1 is 1.60 bits per heavy atom. The highest BCUT2D eigenvalue weighted by Gasteiger charge is 2.08. The molecule has 0 saturated heterocycles. The molecule has 0 spiro atoms. The Labute approximate surface area is 98.6 Å². The summed E-state index contributed by atoms with van der Waals surface area (Å²) in [4.78, 5) is 11.6. The molecular formula is C11H13ClO2S. The SMILES string of the molecule is CC(CCO)Sc1cc(Cl)ccc1C=O. The zero-order valence-corrected chi connectivity index (χ0v) is 10.0. The zero-order valence-electron chi connectivity index (χ0n) is 8.44. The predicted molar refractivity (Wildman–Crippen MR) is 63.9 cm³/mol. The van der Waals surface area contributed by atoms with Gasteiger partial charge >= 0.3 is 0 Å². The Morgan fingerprint density at radius 2 is 2.33 bits per heavy atom. The van der Waals surface area contributed by atoms with Crippen molar-refractivity contribution in [3.05, 3.63) is 28.8 Å². The largest absolute Gasteiger partial charge is 0.396 e. The topological polar surface area (TPSA) is 37.3 Å². The van der Waals surface area contributed by atoms with E-state index in [1.807, 2.05) is 6.92 Å². The Kier molecular flexibility index (Phi) is 5.15. The monoisotopic (exact) mass is 244 g/mol. The van der Waals surface area contributed by atoms with Gasteiger partial charge in [0, 0.05) is 27.3 Å². The maximum Gasteiger partial charge on any atom is 0.151 e. The average Bonchev–Trinajstić information content (AvgIpc) is 2.18. The molecule has 1 rings (SSSR count). The summed E-state index contributed by atoms with van der Waals surface area (Å²) in [7, 11) is 0. The van der Waals surface area contributed by atoms with Crippen LogP contribution in [-0.4, -0.2) is 23.2 Å². The molecule has 0 aromatic heterocycles. The second kappa shape index (κ2) is 6.16. The number of carbonyl (C=O) groups is 1. The molecule has 15 heavy (non-hydrogen) atoms. The van der Waals surface area contributed by atoms with Gasteiger partial charge in [0.05, 0.1) is 0 Å². The molecule has 0 amide bonds. The third kappa shape index (κ3) is 3.86. The number of hydrogen-bond donors (Lipinski definition) is 1. The van der Waals surface area contributed by atoms with E-state index >= 15 is 0 Å². The molecule has 82 valence electrons. The summed E-state index contributed by atoms with van der Waals surface area (Å²) in [6.45, 7) is 2.17. The van der Waals surface area contributed by atoms with Crippen LogP contribution in [0.5, 0.6) is 0 Å². The van der Waals surface area contributed by atoms with Crippen LogP contribution in [0.4, 0.5) is 0 Å². The van der Waals surface area contributed by atoms with Crippen LogP contribution >= 0.6 is 23.4 Å². The quantitative estimate of drug-likeness (QED) is 0.639. The van der Waals surface area contributed by atoms with E-state index in [0.717, 1.165) is 11.2 Å². The highest BCUT2D eigenvalue weighted by atomic mass is 35.5. The molecule has 0 aliphatic carbocycles. The molecule has 0 aliphatic heterocycles. The van der Waals surface area contributed by atoms with E-state index in [1.165, 1.54) is 0 Å². The van der Waals surface area contributed by atoms with Crippen LogP contribution in [0, 0.1) is 0 Å². The van der Waals surface area contributed by atoms with Crippen LogP contribution < -0.4 is 0 Å². The molecule has 2 nitrogen and oxygen atoms in total. The first-order chi connectivity index (χ1) is 7.17. The molecule has 1 aromatic carbocycles. The second-order valence-corrected chi connectivity index (χ2v) is 5.16. The van der Waals surface area contributed by atoms with Gasteiger partial charge in [0.2, 0.25) is 0 Å². The summed E-state index contributed by atoms with van der Waals surface area (Å²) >= 11 is 7.41. The van der Waals surface area contributed by atoms with Gasteiger partial charge in [0.25, 0.3) is 0 Å². The van der Waals surface area contributed by atoms with E-state index < -0.39 is 0 Å². The number of benzene rings is 1. The molecule has 0 saturated carbocycles. The predicted octanol–water partition coefficient (Wildman–Crippen LogP) is 3.02. The summed E-state index contributed by atoms with van der Waals surface area (Å²) in [5.74, 6) is 0. The van der Waals surface area contributed by atoms with Gasteiger partial charge < -0.3 is 5.11 Å². The summed E-state index contributed by atoms with van der Waals surface area (Å²) in [6.07, 6.45) is 1.53. The van der Waals surface area contributed by atoms with E-state index in [9.17, 15) is 4.79 Å². The third-order valence-electron chi connectivity index (χ3n) is 1.97. The lowest BCUT2D eigenvalue weighted by Crippen LogP contribution is -2.00. The normalized spacial score (nSPS) is 12.5. The summed E-state index contributed by atoms with van der Waals surface area (Å²) in [5, 5.41) is 9.68. The van der Waals surface area contributed by atoms with Crippen LogP contribution in [0.15, 0.2) is 23.1 Å². The van der Waals surface area contributed by atoms with Crippen LogP contribution in [0.25, 0.3) is 0 Å². The van der Waals surface area contributed by atoms with Crippen molar-refractivity contribution in [1.82, 2.24) is 0 Å². The van der Waals surface area contributed by atoms with Gasteiger partial charge in [-0.25, -0.2) is 0 Å². The van der Waals surface area contributed by atoms with Crippen molar-refractivity contribution in [3.63, 3.8) is 0 Å². The first kappa shape index (κ1) is 12.6. The van der Waals surface area contributed by atoms with Gasteiger partial charge in [0.1, 0.15) is 0 Å². The van der Waals surface area contributed by atoms with Crippen molar-refractivity contribution in [1.29, 1.82) is 0 Å². The molecule has 1 unspecified atom stereocenters. The Bertz CT molecular complexity index is 341. The first-order valence-corrected chi connectivity index (χ1v) is 5.95. The molecule has 0 heterocycles. The molecule has 1 N–H and O–H groups in total. The molecule has 0 bridgehead atoms. The van der Waals surface area contributed by atoms with Crippen molar-refractivity contribution in [2.75, 3.05) is 6.61 Å². The van der Waals surface area contributed by atoms with Crippen molar-refractivity contribution >= 4 is 29.6 Å². The summed E-state index contributed by atoms with van der Waals surface area (Å²) < 4.78 is 0. The van der Waals surface area contributed by atoms with Gasteiger partial charge in [-0.1, -0.05) is 18.5 Å².